The number of hydrogen-bond donors (Lipinski definition) is 0. The summed E-state index contributed by atoms with van der Waals surface area (Å²) in [6.07, 6.45) is 1.40. The Morgan fingerprint density at radius 3 is 3.21 bits per heavy atom. The van der Waals surface area contributed by atoms with Crippen LogP contribution in [-0.2, 0) is 11.4 Å². The van der Waals surface area contributed by atoms with Crippen LogP contribution in [-0.4, -0.2) is 18.6 Å². The van der Waals surface area contributed by atoms with Crippen molar-refractivity contribution in [3.05, 3.63) is 29.8 Å². The molecule has 0 N–H and O–H groups in total. The number of benzene rings is 1. The van der Waals surface area contributed by atoms with Crippen LogP contribution in [0.15, 0.2) is 39.6 Å². The van der Waals surface area contributed by atoms with E-state index in [1.54, 1.807) is 7.11 Å². The fourth-order valence-corrected chi connectivity index (χ4v) is 1.20. The molecule has 72 valence electrons. The molecule has 0 aromatic heterocycles. The minimum atomic E-state index is 0.567. The predicted octanol–water partition coefficient (Wildman–Crippen LogP) is 2.09. The number of aliphatic imine (C=N–C) groups is 1. The fraction of sp³-hybridized carbons (Fsp3) is 0.222. The first-order valence-corrected chi connectivity index (χ1v) is 4.22. The van der Waals surface area contributed by atoms with E-state index in [1.165, 1.54) is 11.5 Å². The average Bonchev–Trinajstić information content (AvgIpc) is 2.28. The molecule has 1 aliphatic rings. The minimum Gasteiger partial charge on any atom is -0.258 e. The molecule has 0 fully saturated rings. The summed E-state index contributed by atoms with van der Waals surface area (Å²) < 4.78 is 0. The van der Waals surface area contributed by atoms with Gasteiger partial charge in [-0.25, -0.2) is 4.99 Å². The van der Waals surface area contributed by atoms with Gasteiger partial charge in [-0.15, -0.1) is 10.3 Å². The first-order chi connectivity index (χ1) is 6.88. The molecule has 14 heavy (non-hydrogen) atoms. The lowest BCUT2D eigenvalue weighted by atomic mass is 10.2. The standard InChI is InChI=1S/C9H10N4O/c1-14-13-6-8-3-2-4-9(5-8)10-7-11-12-13/h2-5,7H,6H2,1H3. The van der Waals surface area contributed by atoms with Crippen molar-refractivity contribution in [1.82, 2.24) is 5.17 Å². The Morgan fingerprint density at radius 1 is 1.43 bits per heavy atom. The Hall–Kier alpha value is -1.75. The Bertz CT molecular complexity index is 375. The smallest absolute Gasteiger partial charge is 0.140 e. The van der Waals surface area contributed by atoms with E-state index in [4.69, 9.17) is 4.84 Å². The lowest BCUT2D eigenvalue weighted by Crippen LogP contribution is -2.14. The summed E-state index contributed by atoms with van der Waals surface area (Å²) in [7, 11) is 1.55. The van der Waals surface area contributed by atoms with Gasteiger partial charge in [0.1, 0.15) is 6.34 Å². The second-order valence-electron chi connectivity index (χ2n) is 2.81. The van der Waals surface area contributed by atoms with Crippen LogP contribution >= 0.6 is 0 Å². The van der Waals surface area contributed by atoms with Crippen LogP contribution < -0.4 is 0 Å². The quantitative estimate of drug-likeness (QED) is 0.680. The van der Waals surface area contributed by atoms with Crippen LogP contribution in [0.3, 0.4) is 0 Å². The number of hydrogen-bond acceptors (Lipinski definition) is 5. The van der Waals surface area contributed by atoms with E-state index < -0.39 is 0 Å². The number of nitrogens with zero attached hydrogens (tertiary/aromatic N) is 4. The molecule has 0 atom stereocenters. The van der Waals surface area contributed by atoms with Crippen molar-refractivity contribution in [2.75, 3.05) is 7.11 Å². The summed E-state index contributed by atoms with van der Waals surface area (Å²) in [5.74, 6) is 0. The molecule has 5 heteroatoms. The molecule has 2 bridgehead atoms. The summed E-state index contributed by atoms with van der Waals surface area (Å²) >= 11 is 0. The van der Waals surface area contributed by atoms with Gasteiger partial charge in [-0.05, 0) is 22.9 Å². The molecular formula is C9H10N4O. The molecule has 1 aliphatic heterocycles. The molecule has 0 spiro atoms. The highest BCUT2D eigenvalue weighted by Crippen LogP contribution is 2.16. The van der Waals surface area contributed by atoms with Gasteiger partial charge in [-0.3, -0.25) is 4.84 Å². The molecule has 2 rings (SSSR count). The van der Waals surface area contributed by atoms with E-state index in [0.29, 0.717) is 6.54 Å². The normalized spacial score (nSPS) is 14.8. The molecule has 0 saturated heterocycles. The lowest BCUT2D eigenvalue weighted by molar-refractivity contribution is -0.144. The molecule has 0 unspecified atom stereocenters. The second-order valence-corrected chi connectivity index (χ2v) is 2.81. The highest BCUT2D eigenvalue weighted by Gasteiger charge is 2.03. The SMILES string of the molecule is CON1Cc2cccc(c2)N=CN=N1. The van der Waals surface area contributed by atoms with E-state index in [2.05, 4.69) is 15.3 Å². The maximum Gasteiger partial charge on any atom is 0.140 e. The number of fused-ring (bicyclic) bond motifs is 2. The Labute approximate surface area is 81.7 Å². The van der Waals surface area contributed by atoms with E-state index in [9.17, 15) is 0 Å². The molecule has 1 aromatic rings. The largest absolute Gasteiger partial charge is 0.258 e. The summed E-state index contributed by atoms with van der Waals surface area (Å²) in [5, 5.41) is 8.94. The van der Waals surface area contributed by atoms with Gasteiger partial charge in [0.05, 0.1) is 19.3 Å². The van der Waals surface area contributed by atoms with Gasteiger partial charge in [0.2, 0.25) is 0 Å². The zero-order valence-electron chi connectivity index (χ0n) is 7.79. The third-order valence-corrected chi connectivity index (χ3v) is 1.85. The van der Waals surface area contributed by atoms with Gasteiger partial charge in [-0.1, -0.05) is 12.1 Å². The summed E-state index contributed by atoms with van der Waals surface area (Å²) in [4.78, 5) is 9.09. The first-order valence-electron chi connectivity index (χ1n) is 4.22. The van der Waals surface area contributed by atoms with Gasteiger partial charge in [0.15, 0.2) is 0 Å². The molecule has 1 aromatic carbocycles. The monoisotopic (exact) mass is 190 g/mol. The summed E-state index contributed by atoms with van der Waals surface area (Å²) in [6.45, 7) is 0.567. The predicted molar refractivity (Wildman–Crippen MR) is 52.0 cm³/mol. The van der Waals surface area contributed by atoms with Crippen LogP contribution in [0, 0.1) is 0 Å². The molecule has 0 aliphatic carbocycles. The zero-order chi connectivity index (χ0) is 9.80. The zero-order valence-corrected chi connectivity index (χ0v) is 7.79. The van der Waals surface area contributed by atoms with Crippen molar-refractivity contribution in [3.8, 4) is 0 Å². The van der Waals surface area contributed by atoms with Crippen molar-refractivity contribution >= 4 is 12.0 Å². The Balaban J connectivity index is 2.34. The van der Waals surface area contributed by atoms with E-state index in [0.717, 1.165) is 11.3 Å². The first kappa shape index (κ1) is 8.83. The topological polar surface area (TPSA) is 49.5 Å². The van der Waals surface area contributed by atoms with Gasteiger partial charge in [0, 0.05) is 0 Å². The van der Waals surface area contributed by atoms with Gasteiger partial charge < -0.3 is 0 Å². The highest BCUT2D eigenvalue weighted by atomic mass is 16.7. The second kappa shape index (κ2) is 3.97. The Morgan fingerprint density at radius 2 is 2.36 bits per heavy atom. The van der Waals surface area contributed by atoms with Crippen LogP contribution in [0.2, 0.25) is 0 Å². The van der Waals surface area contributed by atoms with Crippen LogP contribution in [0.4, 0.5) is 5.69 Å². The van der Waals surface area contributed by atoms with Crippen LogP contribution in [0.1, 0.15) is 5.56 Å². The van der Waals surface area contributed by atoms with Crippen LogP contribution in [0.5, 0.6) is 0 Å². The fourth-order valence-electron chi connectivity index (χ4n) is 1.20. The van der Waals surface area contributed by atoms with Gasteiger partial charge in [-0.2, -0.15) is 0 Å². The number of rotatable bonds is 1. The maximum atomic E-state index is 4.99. The molecule has 0 saturated carbocycles. The van der Waals surface area contributed by atoms with E-state index in [1.807, 2.05) is 24.3 Å². The third kappa shape index (κ3) is 1.94. The molecular weight excluding hydrogens is 180 g/mol. The van der Waals surface area contributed by atoms with Gasteiger partial charge in [0.25, 0.3) is 0 Å². The molecule has 5 nitrogen and oxygen atoms in total. The molecule has 0 radical (unpaired) electrons. The lowest BCUT2D eigenvalue weighted by Gasteiger charge is -2.12. The third-order valence-electron chi connectivity index (χ3n) is 1.85. The summed E-state index contributed by atoms with van der Waals surface area (Å²) in [5.41, 5.74) is 1.96. The van der Waals surface area contributed by atoms with Crippen molar-refractivity contribution in [1.29, 1.82) is 0 Å². The van der Waals surface area contributed by atoms with Crippen LogP contribution in [0.25, 0.3) is 0 Å². The average molecular weight is 190 g/mol. The minimum absolute atomic E-state index is 0.567. The van der Waals surface area contributed by atoms with E-state index in [-0.39, 0.29) is 0 Å². The van der Waals surface area contributed by atoms with Crippen molar-refractivity contribution in [2.24, 2.45) is 15.3 Å². The highest BCUT2D eigenvalue weighted by molar-refractivity contribution is 5.61. The molecule has 1 heterocycles. The Kier molecular flexibility index (Phi) is 2.51. The van der Waals surface area contributed by atoms with Gasteiger partial charge >= 0.3 is 0 Å². The summed E-state index contributed by atoms with van der Waals surface area (Å²) in [6, 6.07) is 7.82. The van der Waals surface area contributed by atoms with Crippen molar-refractivity contribution < 1.29 is 4.84 Å². The van der Waals surface area contributed by atoms with Crippen molar-refractivity contribution in [2.45, 2.75) is 6.54 Å². The number of hydroxylamine groups is 1. The maximum absolute atomic E-state index is 4.99. The van der Waals surface area contributed by atoms with Crippen molar-refractivity contribution in [3.63, 3.8) is 0 Å². The molecule has 0 amide bonds. The van der Waals surface area contributed by atoms with E-state index >= 15 is 0 Å².